The third kappa shape index (κ3) is 4.21. The lowest BCUT2D eigenvalue weighted by atomic mass is 9.76. The molecule has 1 aromatic carbocycles. The molecule has 0 saturated heterocycles. The van der Waals surface area contributed by atoms with Crippen molar-refractivity contribution in [3.8, 4) is 0 Å². The Hall–Kier alpha value is -0.0500. The number of hydrogen-bond donors (Lipinski definition) is 1. The molecule has 0 radical (unpaired) electrons. The quantitative estimate of drug-likeness (QED) is 0.752. The van der Waals surface area contributed by atoms with Crippen LogP contribution in [0.25, 0.3) is 0 Å². The average Bonchev–Trinajstić information content (AvgIpc) is 2.34. The maximum Gasteiger partial charge on any atom is 0.0420 e. The maximum atomic E-state index is 6.20. The van der Waals surface area contributed by atoms with Gasteiger partial charge in [-0.15, -0.1) is 0 Å². The molecule has 0 spiro atoms. The largest absolute Gasteiger partial charge is 0.310 e. The van der Waals surface area contributed by atoms with Gasteiger partial charge in [0.2, 0.25) is 0 Å². The van der Waals surface area contributed by atoms with Crippen molar-refractivity contribution in [1.82, 2.24) is 5.32 Å². The molecule has 1 N–H and O–H groups in total. The van der Waals surface area contributed by atoms with Crippen LogP contribution < -0.4 is 5.32 Å². The molecule has 0 aromatic heterocycles. The van der Waals surface area contributed by atoms with Crippen LogP contribution in [0.15, 0.2) is 22.7 Å². The van der Waals surface area contributed by atoms with Gasteiger partial charge >= 0.3 is 0 Å². The molecule has 1 aliphatic rings. The number of hydrogen-bond acceptors (Lipinski definition) is 1. The smallest absolute Gasteiger partial charge is 0.0420 e. The zero-order chi connectivity index (χ0) is 13.8. The van der Waals surface area contributed by atoms with Crippen LogP contribution in [0.1, 0.15) is 51.1 Å². The number of halogens is 2. The third-order valence-corrected chi connectivity index (χ3v) is 4.79. The van der Waals surface area contributed by atoms with Crippen molar-refractivity contribution in [2.75, 3.05) is 6.54 Å². The lowest BCUT2D eigenvalue weighted by Gasteiger charge is -2.34. The normalized spacial score (nSPS) is 25.3. The van der Waals surface area contributed by atoms with E-state index in [9.17, 15) is 0 Å². The standard InChI is InChI=1S/C16H23BrClN/c1-3-19-16(12-6-4-5-11(2)7-12)13-8-14(17)10-15(18)9-13/h8-12,16,19H,3-7H2,1-2H3. The summed E-state index contributed by atoms with van der Waals surface area (Å²) in [4.78, 5) is 0. The van der Waals surface area contributed by atoms with Crippen LogP contribution >= 0.6 is 27.5 Å². The Bertz CT molecular complexity index is 401. The summed E-state index contributed by atoms with van der Waals surface area (Å²) in [5.74, 6) is 1.58. The maximum absolute atomic E-state index is 6.20. The first-order valence-electron chi connectivity index (χ1n) is 7.29. The van der Waals surface area contributed by atoms with E-state index in [0.717, 1.165) is 27.9 Å². The molecule has 19 heavy (non-hydrogen) atoms. The number of benzene rings is 1. The van der Waals surface area contributed by atoms with Crippen LogP contribution in [0.5, 0.6) is 0 Å². The van der Waals surface area contributed by atoms with Crippen LogP contribution in [0.3, 0.4) is 0 Å². The summed E-state index contributed by atoms with van der Waals surface area (Å²) in [5.41, 5.74) is 1.32. The Morgan fingerprint density at radius 1 is 1.37 bits per heavy atom. The fourth-order valence-electron chi connectivity index (χ4n) is 3.32. The first-order valence-corrected chi connectivity index (χ1v) is 8.46. The molecule has 106 valence electrons. The minimum absolute atomic E-state index is 0.433. The third-order valence-electron chi connectivity index (χ3n) is 4.12. The Kier molecular flexibility index (Phi) is 5.73. The minimum atomic E-state index is 0.433. The lowest BCUT2D eigenvalue weighted by Crippen LogP contribution is -2.31. The van der Waals surface area contributed by atoms with E-state index >= 15 is 0 Å². The van der Waals surface area contributed by atoms with Gasteiger partial charge in [0.15, 0.2) is 0 Å². The van der Waals surface area contributed by atoms with Crippen molar-refractivity contribution < 1.29 is 0 Å². The molecule has 3 unspecified atom stereocenters. The Morgan fingerprint density at radius 3 is 2.79 bits per heavy atom. The number of nitrogens with one attached hydrogen (secondary N) is 1. The monoisotopic (exact) mass is 343 g/mol. The van der Waals surface area contributed by atoms with Gasteiger partial charge in [0.05, 0.1) is 0 Å². The van der Waals surface area contributed by atoms with E-state index in [4.69, 9.17) is 11.6 Å². The van der Waals surface area contributed by atoms with Gasteiger partial charge in [-0.2, -0.15) is 0 Å². The van der Waals surface area contributed by atoms with Gasteiger partial charge in [-0.25, -0.2) is 0 Å². The van der Waals surface area contributed by atoms with Gasteiger partial charge in [-0.3, -0.25) is 0 Å². The highest BCUT2D eigenvalue weighted by atomic mass is 79.9. The van der Waals surface area contributed by atoms with E-state index in [1.54, 1.807) is 0 Å². The molecule has 1 aliphatic carbocycles. The van der Waals surface area contributed by atoms with E-state index < -0.39 is 0 Å². The van der Waals surface area contributed by atoms with Gasteiger partial charge in [0.1, 0.15) is 0 Å². The topological polar surface area (TPSA) is 12.0 Å². The summed E-state index contributed by atoms with van der Waals surface area (Å²) in [6.07, 6.45) is 5.39. The van der Waals surface area contributed by atoms with Crippen LogP contribution in [0.2, 0.25) is 5.02 Å². The van der Waals surface area contributed by atoms with Crippen LogP contribution in [0.4, 0.5) is 0 Å². The fourth-order valence-corrected chi connectivity index (χ4v) is 4.20. The average molecular weight is 345 g/mol. The zero-order valence-corrected chi connectivity index (χ0v) is 14.1. The van der Waals surface area contributed by atoms with Crippen LogP contribution in [0, 0.1) is 11.8 Å². The molecule has 0 bridgehead atoms. The van der Waals surface area contributed by atoms with Crippen molar-refractivity contribution >= 4 is 27.5 Å². The molecule has 3 heteroatoms. The van der Waals surface area contributed by atoms with E-state index in [2.05, 4.69) is 47.2 Å². The second-order valence-electron chi connectivity index (χ2n) is 5.77. The lowest BCUT2D eigenvalue weighted by molar-refractivity contribution is 0.225. The minimum Gasteiger partial charge on any atom is -0.310 e. The van der Waals surface area contributed by atoms with Crippen molar-refractivity contribution in [2.45, 2.75) is 45.6 Å². The SMILES string of the molecule is CCNC(c1cc(Cl)cc(Br)c1)C1CCCC(C)C1. The summed E-state index contributed by atoms with van der Waals surface area (Å²) >= 11 is 9.76. The first kappa shape index (κ1) is 15.3. The molecule has 1 nitrogen and oxygen atoms in total. The molecule has 3 atom stereocenters. The second-order valence-corrected chi connectivity index (χ2v) is 7.12. The van der Waals surface area contributed by atoms with E-state index in [-0.39, 0.29) is 0 Å². The molecular formula is C16H23BrClN. The highest BCUT2D eigenvalue weighted by Gasteiger charge is 2.27. The fraction of sp³-hybridized carbons (Fsp3) is 0.625. The van der Waals surface area contributed by atoms with Gasteiger partial charge in [0.25, 0.3) is 0 Å². The Labute approximate surface area is 130 Å². The highest BCUT2D eigenvalue weighted by molar-refractivity contribution is 9.10. The van der Waals surface area contributed by atoms with E-state index in [1.165, 1.54) is 31.2 Å². The predicted octanol–water partition coefficient (Wildman–Crippen LogP) is 5.58. The Balaban J connectivity index is 2.22. The van der Waals surface area contributed by atoms with E-state index in [0.29, 0.717) is 6.04 Å². The molecular weight excluding hydrogens is 322 g/mol. The molecule has 0 amide bonds. The summed E-state index contributed by atoms with van der Waals surface area (Å²) in [6.45, 7) is 5.56. The molecule has 0 aliphatic heterocycles. The van der Waals surface area contributed by atoms with E-state index in [1.807, 2.05) is 6.07 Å². The predicted molar refractivity (Wildman–Crippen MR) is 86.7 cm³/mol. The Morgan fingerprint density at radius 2 is 2.16 bits per heavy atom. The van der Waals surface area contributed by atoms with Gasteiger partial charge in [-0.05, 0) is 55.0 Å². The molecule has 0 heterocycles. The van der Waals surface area contributed by atoms with Gasteiger partial charge < -0.3 is 5.32 Å². The number of rotatable bonds is 4. The second kappa shape index (κ2) is 7.10. The molecule has 1 fully saturated rings. The van der Waals surface area contributed by atoms with Crippen molar-refractivity contribution in [3.63, 3.8) is 0 Å². The summed E-state index contributed by atoms with van der Waals surface area (Å²) in [6, 6.07) is 6.71. The van der Waals surface area contributed by atoms with Crippen molar-refractivity contribution in [1.29, 1.82) is 0 Å². The molecule has 1 saturated carbocycles. The van der Waals surface area contributed by atoms with Crippen LogP contribution in [-0.4, -0.2) is 6.54 Å². The zero-order valence-electron chi connectivity index (χ0n) is 11.8. The van der Waals surface area contributed by atoms with Crippen LogP contribution in [-0.2, 0) is 0 Å². The first-order chi connectivity index (χ1) is 9.10. The molecule has 2 rings (SSSR count). The molecule has 1 aromatic rings. The van der Waals surface area contributed by atoms with Gasteiger partial charge in [0, 0.05) is 15.5 Å². The van der Waals surface area contributed by atoms with Crippen molar-refractivity contribution in [3.05, 3.63) is 33.3 Å². The van der Waals surface area contributed by atoms with Gasteiger partial charge in [-0.1, -0.05) is 54.2 Å². The highest BCUT2D eigenvalue weighted by Crippen LogP contribution is 2.38. The van der Waals surface area contributed by atoms with Crippen molar-refractivity contribution in [2.24, 2.45) is 11.8 Å². The summed E-state index contributed by atoms with van der Waals surface area (Å²) in [7, 11) is 0. The summed E-state index contributed by atoms with van der Waals surface area (Å²) in [5, 5.41) is 4.48. The summed E-state index contributed by atoms with van der Waals surface area (Å²) < 4.78 is 1.07.